The third-order valence-corrected chi connectivity index (χ3v) is 7.26. The second-order valence-electron chi connectivity index (χ2n) is 6.70. The molecule has 1 aromatic carbocycles. The van der Waals surface area contributed by atoms with E-state index >= 15 is 0 Å². The standard InChI is InChI=1S/C18H16BrClN4O4S/c19-18(25)15(29)28-16(20)10-26-13(11-5-2-1-3-6-11)27-14(16)17(18,23-24-21)12-7-4-8-22-9-12/h1-9,13-15,25,29H,10H2/t13?,14-,15+,16-,17?,18-/m0/s1. The van der Waals surface area contributed by atoms with Gasteiger partial charge in [0.05, 0.1) is 6.61 Å². The van der Waals surface area contributed by atoms with E-state index in [2.05, 4.69) is 43.6 Å². The lowest BCUT2D eigenvalue weighted by atomic mass is 9.76. The van der Waals surface area contributed by atoms with Gasteiger partial charge in [-0.1, -0.05) is 53.1 Å². The number of nitrogens with zero attached hydrogens (tertiary/aromatic N) is 4. The van der Waals surface area contributed by atoms with Crippen molar-refractivity contribution in [2.75, 3.05) is 6.61 Å². The van der Waals surface area contributed by atoms with E-state index in [1.165, 1.54) is 6.20 Å². The first kappa shape index (κ1) is 20.9. The number of pyridine rings is 1. The fourth-order valence-electron chi connectivity index (χ4n) is 3.65. The molecule has 29 heavy (non-hydrogen) atoms. The Labute approximate surface area is 185 Å². The van der Waals surface area contributed by atoms with Gasteiger partial charge in [-0.2, -0.15) is 0 Å². The molecule has 11 heteroatoms. The lowest BCUT2D eigenvalue weighted by molar-refractivity contribution is -0.334. The van der Waals surface area contributed by atoms with Crippen molar-refractivity contribution in [3.05, 3.63) is 76.4 Å². The maximum atomic E-state index is 11.4. The second kappa shape index (κ2) is 7.72. The largest absolute Gasteiger partial charge is 0.374 e. The van der Waals surface area contributed by atoms with Crippen LogP contribution in [0.15, 0.2) is 60.0 Å². The molecule has 0 radical (unpaired) electrons. The number of aliphatic hydroxyl groups is 1. The Bertz CT molecular complexity index is 936. The van der Waals surface area contributed by atoms with Gasteiger partial charge in [-0.25, -0.2) is 0 Å². The molecule has 2 unspecified atom stereocenters. The van der Waals surface area contributed by atoms with E-state index in [4.69, 9.17) is 25.8 Å². The lowest BCUT2D eigenvalue weighted by Crippen LogP contribution is -2.73. The zero-order valence-electron chi connectivity index (χ0n) is 14.8. The van der Waals surface area contributed by atoms with E-state index in [1.54, 1.807) is 18.3 Å². The van der Waals surface area contributed by atoms with E-state index in [-0.39, 0.29) is 6.61 Å². The van der Waals surface area contributed by atoms with Gasteiger partial charge in [-0.3, -0.25) is 4.98 Å². The summed E-state index contributed by atoms with van der Waals surface area (Å²) in [5, 5.41) is 13.8. The first-order chi connectivity index (χ1) is 13.8. The van der Waals surface area contributed by atoms with Crippen molar-refractivity contribution in [1.29, 1.82) is 0 Å². The highest BCUT2D eigenvalue weighted by molar-refractivity contribution is 9.10. The number of azide groups is 1. The Morgan fingerprint density at radius 1 is 1.31 bits per heavy atom. The van der Waals surface area contributed by atoms with Gasteiger partial charge < -0.3 is 19.3 Å². The molecule has 6 atom stereocenters. The number of hydrogen-bond donors (Lipinski definition) is 2. The summed E-state index contributed by atoms with van der Waals surface area (Å²) in [6.07, 6.45) is 1.06. The average molecular weight is 500 g/mol. The molecular weight excluding hydrogens is 484 g/mol. The van der Waals surface area contributed by atoms with Crippen LogP contribution in [0.1, 0.15) is 17.4 Å². The molecule has 0 bridgehead atoms. The number of thiol groups is 1. The third-order valence-electron chi connectivity index (χ3n) is 5.01. The number of hydrogen-bond acceptors (Lipinski definition) is 7. The molecular formula is C18H16BrClN4O4S. The summed E-state index contributed by atoms with van der Waals surface area (Å²) >= 11 is 14.4. The van der Waals surface area contributed by atoms with E-state index in [0.717, 1.165) is 5.56 Å². The Hall–Kier alpha value is -1.36. The average Bonchev–Trinajstić information content (AvgIpc) is 2.73. The highest BCUT2D eigenvalue weighted by Gasteiger charge is 2.71. The van der Waals surface area contributed by atoms with Crippen LogP contribution in [0.4, 0.5) is 0 Å². The van der Waals surface area contributed by atoms with Crippen LogP contribution in [0, 0.1) is 0 Å². The lowest BCUT2D eigenvalue weighted by Gasteiger charge is -2.58. The van der Waals surface area contributed by atoms with Gasteiger partial charge in [0, 0.05) is 22.9 Å². The molecule has 2 fully saturated rings. The number of halogens is 2. The molecule has 2 aliphatic rings. The molecule has 0 amide bonds. The Kier molecular flexibility index (Phi) is 5.56. The molecule has 8 nitrogen and oxygen atoms in total. The topological polar surface area (TPSA) is 110 Å². The normalized spacial score (nSPS) is 39.2. The Morgan fingerprint density at radius 2 is 2.07 bits per heavy atom. The molecule has 1 aromatic heterocycles. The summed E-state index contributed by atoms with van der Waals surface area (Å²) in [5.41, 5.74) is 7.60. The predicted molar refractivity (Wildman–Crippen MR) is 111 cm³/mol. The summed E-state index contributed by atoms with van der Waals surface area (Å²) in [7, 11) is 0. The molecule has 2 saturated heterocycles. The number of alkyl halides is 2. The van der Waals surface area contributed by atoms with Crippen molar-refractivity contribution in [3.8, 4) is 0 Å². The zero-order valence-corrected chi connectivity index (χ0v) is 18.0. The van der Waals surface area contributed by atoms with Crippen molar-refractivity contribution in [2.45, 2.75) is 32.9 Å². The van der Waals surface area contributed by atoms with Crippen LogP contribution in [0.2, 0.25) is 0 Å². The summed E-state index contributed by atoms with van der Waals surface area (Å²) < 4.78 is 15.8. The molecule has 1 N–H and O–H groups in total. The van der Waals surface area contributed by atoms with Gasteiger partial charge in [0.1, 0.15) is 17.1 Å². The second-order valence-corrected chi connectivity index (χ2v) is 9.01. The molecule has 3 heterocycles. The first-order valence-electron chi connectivity index (χ1n) is 8.60. The molecule has 0 saturated carbocycles. The van der Waals surface area contributed by atoms with Crippen LogP contribution in [-0.2, 0) is 19.7 Å². The monoisotopic (exact) mass is 498 g/mol. The highest BCUT2D eigenvalue weighted by Crippen LogP contribution is 2.59. The fourth-order valence-corrected chi connectivity index (χ4v) is 5.07. The van der Waals surface area contributed by atoms with Gasteiger partial charge in [0.15, 0.2) is 15.9 Å². The minimum Gasteiger partial charge on any atom is -0.374 e. The van der Waals surface area contributed by atoms with E-state index in [1.807, 2.05) is 30.3 Å². The summed E-state index contributed by atoms with van der Waals surface area (Å²) in [4.78, 5) is 7.10. The predicted octanol–water partition coefficient (Wildman–Crippen LogP) is 4.01. The van der Waals surface area contributed by atoms with Crippen LogP contribution in [0.25, 0.3) is 10.4 Å². The van der Waals surface area contributed by atoms with Gasteiger partial charge in [-0.05, 0) is 33.1 Å². The van der Waals surface area contributed by atoms with Crippen LogP contribution in [0.3, 0.4) is 0 Å². The molecule has 0 spiro atoms. The van der Waals surface area contributed by atoms with Crippen molar-refractivity contribution >= 4 is 40.2 Å². The minimum absolute atomic E-state index is 0.0954. The van der Waals surface area contributed by atoms with E-state index in [0.29, 0.717) is 5.56 Å². The maximum Gasteiger partial charge on any atom is 0.193 e. The highest BCUT2D eigenvalue weighted by atomic mass is 79.9. The Morgan fingerprint density at radius 3 is 2.72 bits per heavy atom. The van der Waals surface area contributed by atoms with E-state index in [9.17, 15) is 10.6 Å². The van der Waals surface area contributed by atoms with Crippen molar-refractivity contribution in [3.63, 3.8) is 0 Å². The van der Waals surface area contributed by atoms with Crippen LogP contribution < -0.4 is 0 Å². The molecule has 2 aromatic rings. The maximum absolute atomic E-state index is 11.4. The zero-order chi connectivity index (χ0) is 20.7. The molecule has 0 aliphatic carbocycles. The third kappa shape index (κ3) is 3.24. The summed E-state index contributed by atoms with van der Waals surface area (Å²) in [6, 6.07) is 12.5. The molecule has 4 rings (SSSR count). The van der Waals surface area contributed by atoms with Crippen LogP contribution >= 0.6 is 40.2 Å². The van der Waals surface area contributed by atoms with E-state index < -0.39 is 32.9 Å². The number of aromatic nitrogens is 1. The van der Waals surface area contributed by atoms with Crippen molar-refractivity contribution in [1.82, 2.24) is 4.98 Å². The van der Waals surface area contributed by atoms with Gasteiger partial charge in [0.2, 0.25) is 0 Å². The molecule has 2 aliphatic heterocycles. The fraction of sp³-hybridized carbons (Fsp3) is 0.389. The first-order valence-corrected chi connectivity index (χ1v) is 10.3. The van der Waals surface area contributed by atoms with Crippen LogP contribution in [-0.4, -0.2) is 37.8 Å². The number of fused-ring (bicyclic) bond motifs is 1. The smallest absolute Gasteiger partial charge is 0.193 e. The van der Waals surface area contributed by atoms with Gasteiger partial charge in [0.25, 0.3) is 0 Å². The van der Waals surface area contributed by atoms with Crippen molar-refractivity contribution in [2.24, 2.45) is 5.11 Å². The van der Waals surface area contributed by atoms with Gasteiger partial charge >= 0.3 is 0 Å². The number of rotatable bonds is 3. The quantitative estimate of drug-likeness (QED) is 0.218. The number of benzene rings is 1. The minimum atomic E-state index is -1.97. The SMILES string of the molecule is [N-]=[N+]=NC1(c2cccnc2)[C@H]2OC(c3ccccc3)OC[C@]2(Cl)O[C@H](S)[C@@]1(O)Br. The van der Waals surface area contributed by atoms with Crippen LogP contribution in [0.5, 0.6) is 0 Å². The summed E-state index contributed by atoms with van der Waals surface area (Å²) in [5.74, 6) is 0. The Balaban J connectivity index is 1.90. The van der Waals surface area contributed by atoms with Crippen molar-refractivity contribution < 1.29 is 19.3 Å². The summed E-state index contributed by atoms with van der Waals surface area (Å²) in [6.45, 7) is -0.0954. The van der Waals surface area contributed by atoms with Gasteiger partial charge in [-0.15, -0.1) is 12.6 Å². The molecule has 152 valence electrons. The number of ether oxygens (including phenoxy) is 3.